The average Bonchev–Trinajstić information content (AvgIpc) is 3.21. The summed E-state index contributed by atoms with van der Waals surface area (Å²) in [6, 6.07) is 28.9. The van der Waals surface area contributed by atoms with Crippen molar-refractivity contribution < 1.29 is 4.79 Å². The van der Waals surface area contributed by atoms with Crippen LogP contribution in [0.25, 0.3) is 27.7 Å². The molecule has 0 saturated heterocycles. The molecule has 0 fully saturated rings. The Kier molecular flexibility index (Phi) is 3.84. The molecule has 0 aliphatic heterocycles. The zero-order chi connectivity index (χ0) is 18.9. The van der Waals surface area contributed by atoms with Gasteiger partial charge in [-0.2, -0.15) is 9.61 Å². The van der Waals surface area contributed by atoms with E-state index in [-0.39, 0.29) is 5.91 Å². The molecular weight excluding hydrogens is 348 g/mol. The van der Waals surface area contributed by atoms with Crippen molar-refractivity contribution in [2.24, 2.45) is 0 Å². The molecule has 2 aromatic heterocycles. The van der Waals surface area contributed by atoms with Crippen LogP contribution in [-0.4, -0.2) is 20.5 Å². The van der Waals surface area contributed by atoms with Crippen molar-refractivity contribution in [2.45, 2.75) is 0 Å². The normalized spacial score (nSPS) is 11.0. The molecule has 2 heterocycles. The fraction of sp³-hybridized carbons (Fsp3) is 0. The van der Waals surface area contributed by atoms with Crippen molar-refractivity contribution in [1.29, 1.82) is 0 Å². The molecule has 134 valence electrons. The number of amides is 1. The molecule has 28 heavy (non-hydrogen) atoms. The molecule has 0 radical (unpaired) electrons. The Bertz CT molecular complexity index is 1290. The highest BCUT2D eigenvalue weighted by Crippen LogP contribution is 2.27. The minimum Gasteiger partial charge on any atom is -0.290 e. The van der Waals surface area contributed by atoms with Gasteiger partial charge < -0.3 is 0 Å². The predicted molar refractivity (Wildman–Crippen MR) is 110 cm³/mol. The minimum atomic E-state index is -0.221. The van der Waals surface area contributed by atoms with Gasteiger partial charge in [-0.25, -0.2) is 4.98 Å². The minimum absolute atomic E-state index is 0.221. The smallest absolute Gasteiger partial charge is 0.258 e. The van der Waals surface area contributed by atoms with Crippen LogP contribution in [0.3, 0.4) is 0 Å². The number of anilines is 1. The van der Waals surface area contributed by atoms with Crippen LogP contribution in [0.15, 0.2) is 91.0 Å². The number of carbonyl (C=O) groups excluding carboxylic acids is 1. The molecular formula is C23H16N4O. The average molecular weight is 364 g/mol. The number of para-hydroxylation sites is 1. The summed E-state index contributed by atoms with van der Waals surface area (Å²) in [6.45, 7) is 0. The van der Waals surface area contributed by atoms with Gasteiger partial charge >= 0.3 is 0 Å². The molecule has 0 spiro atoms. The van der Waals surface area contributed by atoms with Crippen LogP contribution in [0.2, 0.25) is 0 Å². The number of rotatable bonds is 3. The molecule has 5 nitrogen and oxygen atoms in total. The number of nitrogens with zero attached hydrogens (tertiary/aromatic N) is 3. The van der Waals surface area contributed by atoms with Gasteiger partial charge in [-0.05, 0) is 24.3 Å². The third-order valence-corrected chi connectivity index (χ3v) is 4.65. The zero-order valence-electron chi connectivity index (χ0n) is 14.9. The largest absolute Gasteiger partial charge is 0.290 e. The van der Waals surface area contributed by atoms with E-state index in [0.29, 0.717) is 11.5 Å². The molecule has 0 aliphatic carbocycles. The number of aromatic nitrogens is 3. The molecule has 1 N–H and O–H groups in total. The summed E-state index contributed by atoms with van der Waals surface area (Å²) in [7, 11) is 0. The topological polar surface area (TPSA) is 59.3 Å². The van der Waals surface area contributed by atoms with Crippen LogP contribution in [0.5, 0.6) is 0 Å². The Morgan fingerprint density at radius 1 is 0.821 bits per heavy atom. The molecule has 0 atom stereocenters. The highest BCUT2D eigenvalue weighted by Gasteiger charge is 2.15. The second kappa shape index (κ2) is 6.63. The summed E-state index contributed by atoms with van der Waals surface area (Å²) in [5.74, 6) is 0.172. The molecule has 5 heteroatoms. The summed E-state index contributed by atoms with van der Waals surface area (Å²) in [5, 5.41) is 8.61. The van der Waals surface area contributed by atoms with Gasteiger partial charge in [-0.1, -0.05) is 66.7 Å². The monoisotopic (exact) mass is 364 g/mol. The van der Waals surface area contributed by atoms with E-state index < -0.39 is 0 Å². The predicted octanol–water partition coefficient (Wildman–Crippen LogP) is 4.80. The number of carbonyl (C=O) groups is 1. The van der Waals surface area contributed by atoms with Crippen LogP contribution in [0.1, 0.15) is 10.4 Å². The van der Waals surface area contributed by atoms with Gasteiger partial charge in [-0.15, -0.1) is 0 Å². The second-order valence-corrected chi connectivity index (χ2v) is 6.47. The van der Waals surface area contributed by atoms with E-state index in [1.165, 1.54) is 0 Å². The second-order valence-electron chi connectivity index (χ2n) is 6.47. The maximum Gasteiger partial charge on any atom is 0.258 e. The van der Waals surface area contributed by atoms with Crippen LogP contribution < -0.4 is 5.32 Å². The molecule has 0 unspecified atom stereocenters. The SMILES string of the molecule is O=C(Nc1nc2ccccc2c2cc(-c3ccccc3)nn12)c1ccccc1. The highest BCUT2D eigenvalue weighted by molar-refractivity contribution is 6.04. The van der Waals surface area contributed by atoms with Gasteiger partial charge in [0, 0.05) is 16.5 Å². The summed E-state index contributed by atoms with van der Waals surface area (Å²) in [5.41, 5.74) is 4.11. The standard InChI is InChI=1S/C23H16N4O/c28-22(17-11-5-2-6-12-17)25-23-24-19-14-8-7-13-18(19)21-15-20(26-27(21)23)16-9-3-1-4-10-16/h1-15H,(H,24,25,28). The maximum atomic E-state index is 12.7. The number of hydrogen-bond acceptors (Lipinski definition) is 3. The Balaban J connectivity index is 1.69. The Morgan fingerprint density at radius 3 is 2.29 bits per heavy atom. The fourth-order valence-corrected chi connectivity index (χ4v) is 3.28. The highest BCUT2D eigenvalue weighted by atomic mass is 16.1. The molecule has 5 rings (SSSR count). The number of benzene rings is 3. The van der Waals surface area contributed by atoms with Gasteiger partial charge in [-0.3, -0.25) is 10.1 Å². The molecule has 3 aromatic carbocycles. The summed E-state index contributed by atoms with van der Waals surface area (Å²) >= 11 is 0. The van der Waals surface area contributed by atoms with Crippen LogP contribution in [0, 0.1) is 0 Å². The van der Waals surface area contributed by atoms with Gasteiger partial charge in [0.15, 0.2) is 0 Å². The first-order valence-corrected chi connectivity index (χ1v) is 9.00. The molecule has 0 saturated carbocycles. The zero-order valence-corrected chi connectivity index (χ0v) is 14.9. The molecule has 5 aromatic rings. The quantitative estimate of drug-likeness (QED) is 0.500. The van der Waals surface area contributed by atoms with Crippen molar-refractivity contribution in [2.75, 3.05) is 5.32 Å². The Morgan fingerprint density at radius 2 is 1.50 bits per heavy atom. The van der Waals surface area contributed by atoms with Crippen molar-refractivity contribution in [3.63, 3.8) is 0 Å². The molecule has 0 bridgehead atoms. The Hall–Kier alpha value is -3.99. The van der Waals surface area contributed by atoms with Crippen molar-refractivity contribution in [1.82, 2.24) is 14.6 Å². The van der Waals surface area contributed by atoms with Crippen molar-refractivity contribution >= 4 is 28.3 Å². The summed E-state index contributed by atoms with van der Waals surface area (Å²) < 4.78 is 1.70. The molecule has 0 aliphatic rings. The first-order chi connectivity index (χ1) is 13.8. The summed E-state index contributed by atoms with van der Waals surface area (Å²) in [6.07, 6.45) is 0. The lowest BCUT2D eigenvalue weighted by Gasteiger charge is -2.09. The van der Waals surface area contributed by atoms with Gasteiger partial charge in [0.1, 0.15) is 0 Å². The van der Waals surface area contributed by atoms with Crippen LogP contribution in [-0.2, 0) is 0 Å². The van der Waals surface area contributed by atoms with Crippen LogP contribution >= 0.6 is 0 Å². The third-order valence-electron chi connectivity index (χ3n) is 4.65. The van der Waals surface area contributed by atoms with E-state index in [1.807, 2.05) is 78.9 Å². The lowest BCUT2D eigenvalue weighted by molar-refractivity contribution is 0.102. The third kappa shape index (κ3) is 2.79. The maximum absolute atomic E-state index is 12.7. The fourth-order valence-electron chi connectivity index (χ4n) is 3.28. The van der Waals surface area contributed by atoms with Crippen molar-refractivity contribution in [3.8, 4) is 11.3 Å². The first-order valence-electron chi connectivity index (χ1n) is 9.00. The number of hydrogen-bond donors (Lipinski definition) is 1. The Labute approximate surface area is 161 Å². The van der Waals surface area contributed by atoms with E-state index in [0.717, 1.165) is 27.7 Å². The first kappa shape index (κ1) is 16.2. The van der Waals surface area contributed by atoms with Crippen molar-refractivity contribution in [3.05, 3.63) is 96.6 Å². The van der Waals surface area contributed by atoms with Gasteiger partial charge in [0.2, 0.25) is 5.95 Å². The van der Waals surface area contributed by atoms with E-state index in [9.17, 15) is 4.79 Å². The van der Waals surface area contributed by atoms with E-state index in [4.69, 9.17) is 5.10 Å². The van der Waals surface area contributed by atoms with E-state index in [2.05, 4.69) is 10.3 Å². The molecule has 1 amide bonds. The van der Waals surface area contributed by atoms with E-state index in [1.54, 1.807) is 16.6 Å². The number of nitrogens with one attached hydrogen (secondary N) is 1. The lowest BCUT2D eigenvalue weighted by atomic mass is 10.1. The lowest BCUT2D eigenvalue weighted by Crippen LogP contribution is -2.16. The number of fused-ring (bicyclic) bond motifs is 3. The summed E-state index contributed by atoms with van der Waals surface area (Å²) in [4.78, 5) is 17.3. The van der Waals surface area contributed by atoms with Crippen LogP contribution in [0.4, 0.5) is 5.95 Å². The van der Waals surface area contributed by atoms with Gasteiger partial charge in [0.25, 0.3) is 5.91 Å². The van der Waals surface area contributed by atoms with Gasteiger partial charge in [0.05, 0.1) is 16.7 Å². The van der Waals surface area contributed by atoms with E-state index >= 15 is 0 Å².